The highest BCUT2D eigenvalue weighted by atomic mass is 32.2. The fourth-order valence-corrected chi connectivity index (χ4v) is 3.45. The van der Waals surface area contributed by atoms with Gasteiger partial charge < -0.3 is 0 Å². The number of nitriles is 3. The van der Waals surface area contributed by atoms with E-state index in [4.69, 9.17) is 15.8 Å². The molecule has 0 radical (unpaired) electrons. The van der Waals surface area contributed by atoms with Crippen LogP contribution in [0.15, 0.2) is 81.1 Å². The average molecular weight is 400 g/mol. The molecule has 0 fully saturated rings. The SMILES string of the molecule is N#CC(C#N)=C(C#N)/C=C/C=C/C=C/C=C/c1cnc(C=C2SC=CS2)cn1. The second kappa shape index (κ2) is 11.9. The molecular weight excluding hydrogens is 386 g/mol. The summed E-state index contributed by atoms with van der Waals surface area (Å²) in [7, 11) is 0. The van der Waals surface area contributed by atoms with Crippen molar-refractivity contribution >= 4 is 35.7 Å². The fraction of sp³-hybridized carbons (Fsp3) is 0. The third kappa shape index (κ3) is 6.97. The summed E-state index contributed by atoms with van der Waals surface area (Å²) in [5, 5.41) is 30.4. The van der Waals surface area contributed by atoms with Crippen LogP contribution in [0.1, 0.15) is 11.4 Å². The summed E-state index contributed by atoms with van der Waals surface area (Å²) < 4.78 is 1.18. The second-order valence-corrected chi connectivity index (χ2v) is 7.10. The van der Waals surface area contributed by atoms with Crippen LogP contribution in [0.3, 0.4) is 0 Å². The Hall–Kier alpha value is -3.57. The lowest BCUT2D eigenvalue weighted by Crippen LogP contribution is -1.86. The van der Waals surface area contributed by atoms with Gasteiger partial charge in [0.1, 0.15) is 23.8 Å². The maximum absolute atomic E-state index is 8.90. The van der Waals surface area contributed by atoms with Gasteiger partial charge in [-0.25, -0.2) is 0 Å². The van der Waals surface area contributed by atoms with Gasteiger partial charge in [-0.1, -0.05) is 60.0 Å². The van der Waals surface area contributed by atoms with Crippen LogP contribution in [0.4, 0.5) is 0 Å². The summed E-state index contributed by atoms with van der Waals surface area (Å²) in [6.07, 6.45) is 19.2. The third-order valence-corrected chi connectivity index (χ3v) is 5.07. The molecule has 0 aliphatic carbocycles. The topological polar surface area (TPSA) is 97.2 Å². The van der Waals surface area contributed by atoms with Crippen LogP contribution >= 0.6 is 23.5 Å². The van der Waals surface area contributed by atoms with Gasteiger partial charge in [-0.05, 0) is 29.0 Å². The number of rotatable bonds is 6. The van der Waals surface area contributed by atoms with Crippen LogP contribution in [0, 0.1) is 34.0 Å². The quantitative estimate of drug-likeness (QED) is 0.474. The van der Waals surface area contributed by atoms with Crippen molar-refractivity contribution in [3.05, 3.63) is 92.5 Å². The summed E-state index contributed by atoms with van der Waals surface area (Å²) in [6.45, 7) is 0. The van der Waals surface area contributed by atoms with E-state index in [1.165, 1.54) is 10.3 Å². The zero-order valence-corrected chi connectivity index (χ0v) is 16.2. The molecule has 0 bridgehead atoms. The van der Waals surface area contributed by atoms with E-state index in [1.807, 2.05) is 41.2 Å². The van der Waals surface area contributed by atoms with Gasteiger partial charge >= 0.3 is 0 Å². The average Bonchev–Trinajstić information content (AvgIpc) is 3.23. The van der Waals surface area contributed by atoms with Gasteiger partial charge in [0, 0.05) is 0 Å². The molecule has 0 atom stereocenters. The lowest BCUT2D eigenvalue weighted by molar-refractivity contribution is 1.16. The van der Waals surface area contributed by atoms with Gasteiger partial charge in [-0.3, -0.25) is 9.97 Å². The number of nitrogens with zero attached hydrogens (tertiary/aromatic N) is 5. The second-order valence-electron chi connectivity index (χ2n) is 4.95. The summed E-state index contributed by atoms with van der Waals surface area (Å²) >= 11 is 3.33. The predicted octanol–water partition coefficient (Wildman–Crippen LogP) is 5.28. The molecule has 0 spiro atoms. The number of hydrogen-bond donors (Lipinski definition) is 0. The van der Waals surface area contributed by atoms with Gasteiger partial charge in [0.2, 0.25) is 0 Å². The first-order valence-corrected chi connectivity index (χ1v) is 9.67. The molecule has 0 saturated carbocycles. The van der Waals surface area contributed by atoms with E-state index >= 15 is 0 Å². The van der Waals surface area contributed by atoms with E-state index in [-0.39, 0.29) is 11.1 Å². The number of allylic oxidation sites excluding steroid dienone is 9. The Bertz CT molecular complexity index is 1010. The third-order valence-electron chi connectivity index (χ3n) is 3.08. The lowest BCUT2D eigenvalue weighted by atomic mass is 10.1. The van der Waals surface area contributed by atoms with E-state index < -0.39 is 0 Å². The molecule has 5 nitrogen and oxygen atoms in total. The summed E-state index contributed by atoms with van der Waals surface area (Å²) in [6, 6.07) is 5.19. The zero-order valence-electron chi connectivity index (χ0n) is 14.6. The Kier molecular flexibility index (Phi) is 8.84. The van der Waals surface area contributed by atoms with Gasteiger partial charge in [0.05, 0.1) is 33.6 Å². The van der Waals surface area contributed by atoms with Crippen LogP contribution in [0.2, 0.25) is 0 Å². The fourth-order valence-electron chi connectivity index (χ4n) is 1.80. The minimum Gasteiger partial charge on any atom is -0.253 e. The molecule has 2 heterocycles. The molecule has 1 aromatic heterocycles. The predicted molar refractivity (Wildman–Crippen MR) is 115 cm³/mol. The van der Waals surface area contributed by atoms with Crippen molar-refractivity contribution in [3.63, 3.8) is 0 Å². The first-order chi connectivity index (χ1) is 13.8. The number of thioether (sulfide) groups is 2. The number of hydrogen-bond acceptors (Lipinski definition) is 7. The molecule has 0 saturated heterocycles. The first-order valence-electron chi connectivity index (χ1n) is 7.91. The van der Waals surface area contributed by atoms with Crippen LogP contribution in [0.25, 0.3) is 12.2 Å². The summed E-state index contributed by atoms with van der Waals surface area (Å²) in [5.74, 6) is 0. The highest BCUT2D eigenvalue weighted by Gasteiger charge is 2.02. The zero-order chi connectivity index (χ0) is 20.0. The minimum absolute atomic E-state index is 0.0394. The Morgan fingerprint density at radius 1 is 0.786 bits per heavy atom. The van der Waals surface area contributed by atoms with Gasteiger partial charge in [-0.2, -0.15) is 15.8 Å². The van der Waals surface area contributed by atoms with Crippen molar-refractivity contribution in [2.24, 2.45) is 0 Å². The lowest BCUT2D eigenvalue weighted by Gasteiger charge is -1.96. The minimum atomic E-state index is -0.202. The van der Waals surface area contributed by atoms with Crippen LogP contribution < -0.4 is 0 Å². The molecule has 1 aromatic rings. The van der Waals surface area contributed by atoms with Crippen LogP contribution in [0.5, 0.6) is 0 Å². The molecule has 134 valence electrons. The molecule has 0 aromatic carbocycles. The van der Waals surface area contributed by atoms with Crippen molar-refractivity contribution in [2.75, 3.05) is 0 Å². The Labute approximate surface area is 172 Å². The van der Waals surface area contributed by atoms with Gasteiger partial charge in [0.15, 0.2) is 0 Å². The molecule has 28 heavy (non-hydrogen) atoms. The highest BCUT2D eigenvalue weighted by molar-refractivity contribution is 8.27. The smallest absolute Gasteiger partial charge is 0.147 e. The summed E-state index contributed by atoms with van der Waals surface area (Å²) in [5.41, 5.74) is 1.41. The van der Waals surface area contributed by atoms with Gasteiger partial charge in [0.25, 0.3) is 0 Å². The molecule has 0 amide bonds. The van der Waals surface area contributed by atoms with E-state index in [1.54, 1.807) is 72.4 Å². The monoisotopic (exact) mass is 399 g/mol. The standard InChI is InChI=1S/C21H13N5S2/c22-12-17(18(13-23)14-24)7-5-3-1-2-4-6-8-19-15-26-20(16-25-19)11-21-27-9-10-28-21/h1-11,15-16H/b3-1+,4-2+,7-5+,8-6+. The maximum Gasteiger partial charge on any atom is 0.147 e. The summed E-state index contributed by atoms with van der Waals surface area (Å²) in [4.78, 5) is 8.71. The highest BCUT2D eigenvalue weighted by Crippen LogP contribution is 2.38. The molecule has 0 unspecified atom stereocenters. The normalized spacial score (nSPS) is 13.2. The van der Waals surface area contributed by atoms with Crippen LogP contribution in [-0.4, -0.2) is 9.97 Å². The van der Waals surface area contributed by atoms with Crippen molar-refractivity contribution in [3.8, 4) is 18.2 Å². The van der Waals surface area contributed by atoms with E-state index in [0.29, 0.717) is 0 Å². The van der Waals surface area contributed by atoms with Gasteiger partial charge in [-0.15, -0.1) is 0 Å². The maximum atomic E-state index is 8.90. The molecule has 0 N–H and O–H groups in total. The first kappa shape index (κ1) is 20.7. The van der Waals surface area contributed by atoms with E-state index in [0.717, 1.165) is 11.4 Å². The van der Waals surface area contributed by atoms with Crippen LogP contribution in [-0.2, 0) is 0 Å². The number of aromatic nitrogens is 2. The Balaban J connectivity index is 1.86. The molecule has 1 aliphatic heterocycles. The molecule has 1 aliphatic rings. The van der Waals surface area contributed by atoms with Crippen molar-refractivity contribution in [2.45, 2.75) is 0 Å². The molecule has 2 rings (SSSR count). The Morgan fingerprint density at radius 2 is 1.39 bits per heavy atom. The molecule has 7 heteroatoms. The Morgan fingerprint density at radius 3 is 2.00 bits per heavy atom. The van der Waals surface area contributed by atoms with Crippen molar-refractivity contribution in [1.82, 2.24) is 9.97 Å². The van der Waals surface area contributed by atoms with Crippen molar-refractivity contribution in [1.29, 1.82) is 15.8 Å². The largest absolute Gasteiger partial charge is 0.253 e. The van der Waals surface area contributed by atoms with E-state index in [9.17, 15) is 0 Å². The molecular formula is C21H13N5S2. The van der Waals surface area contributed by atoms with Crippen molar-refractivity contribution < 1.29 is 0 Å². The van der Waals surface area contributed by atoms with E-state index in [2.05, 4.69) is 9.97 Å².